The van der Waals surface area contributed by atoms with E-state index in [-0.39, 0.29) is 5.92 Å². The Balaban J connectivity index is 2.21. The molecule has 0 amide bonds. The number of aromatic nitrogens is 2. The Hall–Kier alpha value is -2.82. The first-order valence-corrected chi connectivity index (χ1v) is 7.35. The van der Waals surface area contributed by atoms with E-state index in [2.05, 4.69) is 22.1 Å². The lowest BCUT2D eigenvalue weighted by Gasteiger charge is -2.21. The quantitative estimate of drug-likeness (QED) is 0.732. The Bertz CT molecular complexity index is 715. The van der Waals surface area contributed by atoms with Gasteiger partial charge in [-0.25, -0.2) is 0 Å². The van der Waals surface area contributed by atoms with Crippen molar-refractivity contribution >= 4 is 0 Å². The standard InChI is InChI=1S/C18H20N2O3/c1-21-15-9-8-12(17(22-2)18(15)23-3)16(13-6-4-10-19-13)14-7-5-11-20-14/h4-11,16,19-20H,1-3H3. The van der Waals surface area contributed by atoms with Gasteiger partial charge in [-0.3, -0.25) is 0 Å². The number of aromatic amines is 2. The van der Waals surface area contributed by atoms with Gasteiger partial charge >= 0.3 is 0 Å². The highest BCUT2D eigenvalue weighted by molar-refractivity contribution is 5.59. The molecular weight excluding hydrogens is 292 g/mol. The van der Waals surface area contributed by atoms with E-state index >= 15 is 0 Å². The maximum absolute atomic E-state index is 5.65. The van der Waals surface area contributed by atoms with Crippen LogP contribution in [0.1, 0.15) is 22.9 Å². The smallest absolute Gasteiger partial charge is 0.203 e. The topological polar surface area (TPSA) is 59.3 Å². The average Bonchev–Trinajstić information content (AvgIpc) is 3.28. The Morgan fingerprint density at radius 1 is 0.739 bits per heavy atom. The molecular formula is C18H20N2O3. The van der Waals surface area contributed by atoms with Gasteiger partial charge in [-0.05, 0) is 30.3 Å². The van der Waals surface area contributed by atoms with Gasteiger partial charge in [0, 0.05) is 29.3 Å². The fraction of sp³-hybridized carbons (Fsp3) is 0.222. The van der Waals surface area contributed by atoms with Gasteiger partial charge in [0.2, 0.25) is 5.75 Å². The van der Waals surface area contributed by atoms with Gasteiger partial charge < -0.3 is 24.2 Å². The molecule has 0 saturated heterocycles. The molecule has 0 aliphatic heterocycles. The van der Waals surface area contributed by atoms with Crippen LogP contribution < -0.4 is 14.2 Å². The van der Waals surface area contributed by atoms with Crippen molar-refractivity contribution in [2.75, 3.05) is 21.3 Å². The SMILES string of the molecule is COc1ccc(C(c2ccc[nH]2)c2ccc[nH]2)c(OC)c1OC. The van der Waals surface area contributed by atoms with E-state index in [1.54, 1.807) is 21.3 Å². The van der Waals surface area contributed by atoms with E-state index in [4.69, 9.17) is 14.2 Å². The lowest BCUT2D eigenvalue weighted by Crippen LogP contribution is -2.08. The minimum Gasteiger partial charge on any atom is -0.493 e. The average molecular weight is 312 g/mol. The molecule has 0 aliphatic rings. The number of hydrogen-bond acceptors (Lipinski definition) is 3. The lowest BCUT2D eigenvalue weighted by molar-refractivity contribution is 0.322. The van der Waals surface area contributed by atoms with Crippen molar-refractivity contribution in [3.8, 4) is 17.2 Å². The third-order valence-electron chi connectivity index (χ3n) is 3.91. The van der Waals surface area contributed by atoms with E-state index in [0.29, 0.717) is 17.2 Å². The number of H-pyrrole nitrogens is 2. The Labute approximate surface area is 135 Å². The molecule has 0 unspecified atom stereocenters. The fourth-order valence-electron chi connectivity index (χ4n) is 2.90. The van der Waals surface area contributed by atoms with Crippen LogP contribution in [0.5, 0.6) is 17.2 Å². The van der Waals surface area contributed by atoms with Crippen molar-refractivity contribution in [2.45, 2.75) is 5.92 Å². The molecule has 120 valence electrons. The third-order valence-corrected chi connectivity index (χ3v) is 3.91. The van der Waals surface area contributed by atoms with Crippen LogP contribution in [-0.2, 0) is 0 Å². The molecule has 3 aromatic rings. The largest absolute Gasteiger partial charge is 0.493 e. The Kier molecular flexibility index (Phi) is 4.28. The molecule has 1 aromatic carbocycles. The van der Waals surface area contributed by atoms with Crippen molar-refractivity contribution in [1.82, 2.24) is 9.97 Å². The predicted octanol–water partition coefficient (Wildman–Crippen LogP) is 3.55. The molecule has 0 saturated carbocycles. The first kappa shape index (κ1) is 15.1. The number of rotatable bonds is 6. The van der Waals surface area contributed by atoms with Gasteiger partial charge in [-0.15, -0.1) is 0 Å². The number of ether oxygens (including phenoxy) is 3. The minimum absolute atomic E-state index is 0.0187. The van der Waals surface area contributed by atoms with Crippen molar-refractivity contribution in [2.24, 2.45) is 0 Å². The van der Waals surface area contributed by atoms with E-state index in [1.165, 1.54) is 0 Å². The minimum atomic E-state index is -0.0187. The van der Waals surface area contributed by atoms with Crippen molar-refractivity contribution < 1.29 is 14.2 Å². The fourth-order valence-corrected chi connectivity index (χ4v) is 2.90. The van der Waals surface area contributed by atoms with Crippen LogP contribution in [0.25, 0.3) is 0 Å². The van der Waals surface area contributed by atoms with Crippen molar-refractivity contribution in [1.29, 1.82) is 0 Å². The van der Waals surface area contributed by atoms with E-state index < -0.39 is 0 Å². The van der Waals surface area contributed by atoms with E-state index in [1.807, 2.05) is 36.7 Å². The molecule has 0 radical (unpaired) electrons. The second-order valence-corrected chi connectivity index (χ2v) is 5.11. The summed E-state index contributed by atoms with van der Waals surface area (Å²) in [6, 6.07) is 12.0. The van der Waals surface area contributed by atoms with Crippen LogP contribution >= 0.6 is 0 Å². The second-order valence-electron chi connectivity index (χ2n) is 5.11. The van der Waals surface area contributed by atoms with Crippen LogP contribution in [0.4, 0.5) is 0 Å². The molecule has 2 aromatic heterocycles. The Morgan fingerprint density at radius 3 is 1.78 bits per heavy atom. The first-order chi connectivity index (χ1) is 11.3. The third kappa shape index (κ3) is 2.65. The normalized spacial score (nSPS) is 10.8. The van der Waals surface area contributed by atoms with Gasteiger partial charge in [-0.2, -0.15) is 0 Å². The van der Waals surface area contributed by atoms with Crippen molar-refractivity contribution in [3.63, 3.8) is 0 Å². The molecule has 0 spiro atoms. The van der Waals surface area contributed by atoms with Gasteiger partial charge in [0.05, 0.1) is 27.2 Å². The zero-order chi connectivity index (χ0) is 16.2. The maximum atomic E-state index is 5.65. The summed E-state index contributed by atoms with van der Waals surface area (Å²) in [5.74, 6) is 1.89. The van der Waals surface area contributed by atoms with Gasteiger partial charge in [0.1, 0.15) is 0 Å². The molecule has 0 bridgehead atoms. The molecule has 23 heavy (non-hydrogen) atoms. The molecule has 5 heteroatoms. The summed E-state index contributed by atoms with van der Waals surface area (Å²) in [5, 5.41) is 0. The van der Waals surface area contributed by atoms with Gasteiger partial charge in [0.25, 0.3) is 0 Å². The highest BCUT2D eigenvalue weighted by Crippen LogP contribution is 2.45. The number of nitrogens with one attached hydrogen (secondary N) is 2. The van der Waals surface area contributed by atoms with Crippen LogP contribution in [0.2, 0.25) is 0 Å². The second kappa shape index (κ2) is 6.52. The zero-order valence-electron chi connectivity index (χ0n) is 13.4. The highest BCUT2D eigenvalue weighted by atomic mass is 16.5. The molecule has 0 atom stereocenters. The number of methoxy groups -OCH3 is 3. The predicted molar refractivity (Wildman–Crippen MR) is 88.6 cm³/mol. The Morgan fingerprint density at radius 2 is 1.35 bits per heavy atom. The summed E-state index contributed by atoms with van der Waals surface area (Å²) in [4.78, 5) is 6.59. The van der Waals surface area contributed by atoms with Crippen LogP contribution in [0.3, 0.4) is 0 Å². The summed E-state index contributed by atoms with van der Waals surface area (Å²) >= 11 is 0. The molecule has 2 heterocycles. The van der Waals surface area contributed by atoms with Crippen LogP contribution in [0.15, 0.2) is 48.8 Å². The lowest BCUT2D eigenvalue weighted by atomic mass is 9.91. The van der Waals surface area contributed by atoms with Crippen LogP contribution in [0, 0.1) is 0 Å². The summed E-state index contributed by atoms with van der Waals surface area (Å²) < 4.78 is 16.5. The monoisotopic (exact) mass is 312 g/mol. The van der Waals surface area contributed by atoms with Gasteiger partial charge in [-0.1, -0.05) is 6.07 Å². The zero-order valence-corrected chi connectivity index (χ0v) is 13.4. The summed E-state index contributed by atoms with van der Waals surface area (Å²) in [6.45, 7) is 0. The van der Waals surface area contributed by atoms with E-state index in [9.17, 15) is 0 Å². The van der Waals surface area contributed by atoms with Crippen LogP contribution in [-0.4, -0.2) is 31.3 Å². The summed E-state index contributed by atoms with van der Waals surface area (Å²) in [6.07, 6.45) is 3.83. The van der Waals surface area contributed by atoms with Crippen molar-refractivity contribution in [3.05, 3.63) is 65.7 Å². The van der Waals surface area contributed by atoms with E-state index in [0.717, 1.165) is 17.0 Å². The summed E-state index contributed by atoms with van der Waals surface area (Å²) in [5.41, 5.74) is 3.13. The van der Waals surface area contributed by atoms with Gasteiger partial charge in [0.15, 0.2) is 11.5 Å². The first-order valence-electron chi connectivity index (χ1n) is 7.35. The maximum Gasteiger partial charge on any atom is 0.203 e. The molecule has 3 rings (SSSR count). The molecule has 0 aliphatic carbocycles. The molecule has 0 fully saturated rings. The number of benzene rings is 1. The molecule has 5 nitrogen and oxygen atoms in total. The highest BCUT2D eigenvalue weighted by Gasteiger charge is 2.26. The summed E-state index contributed by atoms with van der Waals surface area (Å²) in [7, 11) is 4.87. The number of hydrogen-bond donors (Lipinski definition) is 2. The molecule has 2 N–H and O–H groups in total.